The van der Waals surface area contributed by atoms with Crippen molar-refractivity contribution in [3.8, 4) is 11.6 Å². The van der Waals surface area contributed by atoms with E-state index in [1.807, 2.05) is 18.2 Å². The van der Waals surface area contributed by atoms with E-state index in [9.17, 15) is 9.59 Å². The molecule has 0 saturated carbocycles. The summed E-state index contributed by atoms with van der Waals surface area (Å²) in [5.41, 5.74) is 1.34. The van der Waals surface area contributed by atoms with Crippen LogP contribution in [0.25, 0.3) is 0 Å². The number of carboxylic acids is 2. The van der Waals surface area contributed by atoms with Gasteiger partial charge in [0.2, 0.25) is 0 Å². The van der Waals surface area contributed by atoms with Gasteiger partial charge in [-0.05, 0) is 49.9 Å². The van der Waals surface area contributed by atoms with Crippen molar-refractivity contribution >= 4 is 11.9 Å². The first kappa shape index (κ1) is 24.9. The van der Waals surface area contributed by atoms with Gasteiger partial charge in [0, 0.05) is 30.8 Å². The van der Waals surface area contributed by atoms with Crippen LogP contribution >= 0.6 is 0 Å². The second-order valence-electron chi connectivity index (χ2n) is 7.28. The first-order valence-electron chi connectivity index (χ1n) is 10.6. The lowest BCUT2D eigenvalue weighted by atomic mass is 10.0. The average Bonchev–Trinajstić information content (AvgIpc) is 2.81. The zero-order chi connectivity index (χ0) is 23.0. The van der Waals surface area contributed by atoms with Gasteiger partial charge in [0.05, 0.1) is 13.2 Å². The maximum absolute atomic E-state index is 9.55. The number of benzene rings is 1. The predicted octanol–water partition coefficient (Wildman–Crippen LogP) is 3.18. The normalized spacial score (nSPS) is 15.4. The minimum absolute atomic E-state index is 0.558. The summed E-state index contributed by atoms with van der Waals surface area (Å²) in [6, 6.07) is 14.3. The van der Waals surface area contributed by atoms with Gasteiger partial charge in [-0.1, -0.05) is 30.3 Å². The topological polar surface area (TPSA) is 118 Å². The van der Waals surface area contributed by atoms with Crippen LogP contribution in [-0.4, -0.2) is 53.4 Å². The molecule has 32 heavy (non-hydrogen) atoms. The maximum atomic E-state index is 9.55. The van der Waals surface area contributed by atoms with Crippen LogP contribution in [0.2, 0.25) is 0 Å². The van der Waals surface area contributed by atoms with Gasteiger partial charge in [-0.25, -0.2) is 14.6 Å². The third kappa shape index (κ3) is 10.6. The third-order valence-corrected chi connectivity index (χ3v) is 4.67. The molecule has 1 saturated heterocycles. The Labute approximate surface area is 187 Å². The average molecular weight is 443 g/mol. The molecule has 0 bridgehead atoms. The first-order valence-corrected chi connectivity index (χ1v) is 10.6. The number of ether oxygens (including phenoxy) is 2. The molecule has 0 amide bonds. The van der Waals surface area contributed by atoms with Gasteiger partial charge in [-0.2, -0.15) is 0 Å². The third-order valence-electron chi connectivity index (χ3n) is 4.67. The Morgan fingerprint density at radius 2 is 1.81 bits per heavy atom. The van der Waals surface area contributed by atoms with Gasteiger partial charge in [-0.15, -0.1) is 0 Å². The number of carboxylic acid groups (broad SMARTS) is 2. The standard InChI is InChI=1S/C20H26N2O2.C4H4O4/c1-2-7-17(8-3-1)10-6-14-23-20-19(11-5-13-22-20)24-16-18-9-4-12-21-15-18;5-3(6)1-2-4(7)8/h1-3,5,7-8,11,13,18,21H,4,6,9-10,12,14-16H2;1-2H,(H,5,6)(H,7,8)/b;2-1+. The van der Waals surface area contributed by atoms with E-state index in [2.05, 4.69) is 34.6 Å². The largest absolute Gasteiger partial charge is 0.488 e. The Bertz CT molecular complexity index is 835. The molecule has 1 aromatic carbocycles. The number of hydrogen-bond acceptors (Lipinski definition) is 6. The van der Waals surface area contributed by atoms with E-state index in [-0.39, 0.29) is 0 Å². The van der Waals surface area contributed by atoms with E-state index in [0.29, 0.717) is 30.6 Å². The lowest BCUT2D eigenvalue weighted by Gasteiger charge is -2.23. The first-order chi connectivity index (χ1) is 15.5. The number of aliphatic carboxylic acids is 2. The number of aromatic nitrogens is 1. The molecule has 0 radical (unpaired) electrons. The van der Waals surface area contributed by atoms with Crippen LogP contribution in [0.1, 0.15) is 24.8 Å². The Morgan fingerprint density at radius 3 is 2.47 bits per heavy atom. The molecule has 1 fully saturated rings. The number of rotatable bonds is 10. The fraction of sp³-hybridized carbons (Fsp3) is 0.375. The van der Waals surface area contributed by atoms with Gasteiger partial charge in [0.1, 0.15) is 0 Å². The van der Waals surface area contributed by atoms with Gasteiger partial charge in [0.25, 0.3) is 5.88 Å². The number of pyridine rings is 1. The van der Waals surface area contributed by atoms with Crippen LogP contribution in [0.15, 0.2) is 60.8 Å². The number of nitrogens with zero attached hydrogens (tertiary/aromatic N) is 1. The van der Waals surface area contributed by atoms with E-state index in [1.165, 1.54) is 18.4 Å². The molecule has 0 aliphatic carbocycles. The highest BCUT2D eigenvalue weighted by Gasteiger charge is 2.15. The lowest BCUT2D eigenvalue weighted by molar-refractivity contribution is -0.134. The summed E-state index contributed by atoms with van der Waals surface area (Å²) in [6.07, 6.45) is 7.29. The van der Waals surface area contributed by atoms with Crippen molar-refractivity contribution in [2.75, 3.05) is 26.3 Å². The van der Waals surface area contributed by atoms with Crippen molar-refractivity contribution < 1.29 is 29.3 Å². The second kappa shape index (κ2) is 14.6. The van der Waals surface area contributed by atoms with Crippen LogP contribution in [0.4, 0.5) is 0 Å². The van der Waals surface area contributed by atoms with E-state index in [0.717, 1.165) is 38.3 Å². The SMILES string of the molecule is O=C(O)/C=C/C(=O)O.c1ccc(CCCOc2ncccc2OCC2CCCNC2)cc1. The molecule has 2 aromatic rings. The van der Waals surface area contributed by atoms with Crippen molar-refractivity contribution in [1.29, 1.82) is 0 Å². The summed E-state index contributed by atoms with van der Waals surface area (Å²) in [5, 5.41) is 19.0. The van der Waals surface area contributed by atoms with Gasteiger partial charge in [-0.3, -0.25) is 0 Å². The van der Waals surface area contributed by atoms with Crippen molar-refractivity contribution in [2.24, 2.45) is 5.92 Å². The molecule has 1 aromatic heterocycles. The molecule has 1 atom stereocenters. The number of piperidine rings is 1. The molecule has 0 spiro atoms. The Hall–Kier alpha value is -3.39. The van der Waals surface area contributed by atoms with Crippen molar-refractivity contribution in [2.45, 2.75) is 25.7 Å². The zero-order valence-electron chi connectivity index (χ0n) is 18.0. The van der Waals surface area contributed by atoms with Crippen molar-refractivity contribution in [1.82, 2.24) is 10.3 Å². The summed E-state index contributed by atoms with van der Waals surface area (Å²) >= 11 is 0. The van der Waals surface area contributed by atoms with Gasteiger partial charge < -0.3 is 25.0 Å². The Balaban J connectivity index is 0.000000390. The van der Waals surface area contributed by atoms with Crippen LogP contribution in [0.3, 0.4) is 0 Å². The quantitative estimate of drug-likeness (QED) is 0.379. The fourth-order valence-electron chi connectivity index (χ4n) is 3.10. The predicted molar refractivity (Wildman–Crippen MR) is 120 cm³/mol. The number of nitrogens with one attached hydrogen (secondary N) is 1. The van der Waals surface area contributed by atoms with Gasteiger partial charge in [0.15, 0.2) is 5.75 Å². The Kier molecular flexibility index (Phi) is 11.3. The summed E-state index contributed by atoms with van der Waals surface area (Å²) in [4.78, 5) is 23.4. The number of aryl methyl sites for hydroxylation is 1. The summed E-state index contributed by atoms with van der Waals surface area (Å²) in [6.45, 7) is 3.53. The van der Waals surface area contributed by atoms with E-state index < -0.39 is 11.9 Å². The molecule has 8 heteroatoms. The lowest BCUT2D eigenvalue weighted by Crippen LogP contribution is -2.33. The molecular weight excluding hydrogens is 412 g/mol. The van der Waals surface area contributed by atoms with E-state index >= 15 is 0 Å². The summed E-state index contributed by atoms with van der Waals surface area (Å²) in [5.74, 6) is -0.582. The number of carbonyl (C=O) groups is 2. The zero-order valence-corrected chi connectivity index (χ0v) is 18.0. The second-order valence-corrected chi connectivity index (χ2v) is 7.28. The fourth-order valence-corrected chi connectivity index (χ4v) is 3.10. The van der Waals surface area contributed by atoms with Crippen LogP contribution in [0, 0.1) is 5.92 Å². The van der Waals surface area contributed by atoms with Gasteiger partial charge >= 0.3 is 11.9 Å². The highest BCUT2D eigenvalue weighted by molar-refractivity contribution is 5.89. The van der Waals surface area contributed by atoms with Crippen LogP contribution in [-0.2, 0) is 16.0 Å². The molecule has 3 N–H and O–H groups in total. The molecule has 1 unspecified atom stereocenters. The smallest absolute Gasteiger partial charge is 0.328 e. The molecule has 1 aliphatic heterocycles. The van der Waals surface area contributed by atoms with E-state index in [4.69, 9.17) is 19.7 Å². The summed E-state index contributed by atoms with van der Waals surface area (Å²) < 4.78 is 11.8. The molecule has 3 rings (SSSR count). The highest BCUT2D eigenvalue weighted by Crippen LogP contribution is 2.25. The van der Waals surface area contributed by atoms with E-state index in [1.54, 1.807) is 6.20 Å². The maximum Gasteiger partial charge on any atom is 0.328 e. The molecule has 172 valence electrons. The minimum Gasteiger partial charge on any atom is -0.488 e. The molecule has 8 nitrogen and oxygen atoms in total. The molecule has 2 heterocycles. The minimum atomic E-state index is -1.26. The van der Waals surface area contributed by atoms with Crippen molar-refractivity contribution in [3.05, 3.63) is 66.4 Å². The molecular formula is C24H30N2O6. The van der Waals surface area contributed by atoms with Crippen LogP contribution in [0.5, 0.6) is 11.6 Å². The number of hydrogen-bond donors (Lipinski definition) is 3. The Morgan fingerprint density at radius 1 is 1.06 bits per heavy atom. The monoisotopic (exact) mass is 442 g/mol. The molecule has 1 aliphatic rings. The van der Waals surface area contributed by atoms with Crippen LogP contribution < -0.4 is 14.8 Å². The highest BCUT2D eigenvalue weighted by atomic mass is 16.5. The summed E-state index contributed by atoms with van der Waals surface area (Å²) in [7, 11) is 0. The van der Waals surface area contributed by atoms with Crippen molar-refractivity contribution in [3.63, 3.8) is 0 Å².